The van der Waals surface area contributed by atoms with Crippen LogP contribution >= 0.6 is 0 Å². The highest BCUT2D eigenvalue weighted by atomic mass is 32.2. The summed E-state index contributed by atoms with van der Waals surface area (Å²) in [6, 6.07) is 13.0. The van der Waals surface area contributed by atoms with E-state index in [2.05, 4.69) is 10.6 Å². The van der Waals surface area contributed by atoms with Crippen LogP contribution in [0.4, 0.5) is 17.1 Å². The summed E-state index contributed by atoms with van der Waals surface area (Å²) in [7, 11) is -3.67. The van der Waals surface area contributed by atoms with Crippen molar-refractivity contribution >= 4 is 38.9 Å². The molecule has 2 rings (SSSR count). The van der Waals surface area contributed by atoms with Gasteiger partial charge in [-0.2, -0.15) is 0 Å². The minimum atomic E-state index is -3.67. The van der Waals surface area contributed by atoms with Crippen molar-refractivity contribution in [1.82, 2.24) is 0 Å². The molecule has 2 aromatic rings. The number of carbonyl (C=O) groups excluding carboxylic acids is 2. The molecule has 0 saturated heterocycles. The Morgan fingerprint density at radius 2 is 1.50 bits per heavy atom. The average Bonchev–Trinajstić information content (AvgIpc) is 2.61. The number of nitrogens with zero attached hydrogens (tertiary/aromatic N) is 1. The van der Waals surface area contributed by atoms with E-state index in [0.29, 0.717) is 29.4 Å². The third-order valence-corrected chi connectivity index (χ3v) is 4.75. The van der Waals surface area contributed by atoms with Crippen molar-refractivity contribution in [3.05, 3.63) is 48.5 Å². The topological polar surface area (TPSA) is 105 Å². The number of anilines is 3. The highest BCUT2D eigenvalue weighted by Gasteiger charge is 2.21. The molecule has 0 heterocycles. The Hall–Kier alpha value is -3.07. The van der Waals surface area contributed by atoms with Crippen LogP contribution in [0.3, 0.4) is 0 Å². The highest BCUT2D eigenvalue weighted by Crippen LogP contribution is 2.22. The molecule has 8 nitrogen and oxygen atoms in total. The fraction of sp³-hybridized carbons (Fsp3) is 0.263. The Labute approximate surface area is 164 Å². The quantitative estimate of drug-likeness (QED) is 0.702. The zero-order valence-electron chi connectivity index (χ0n) is 15.9. The minimum Gasteiger partial charge on any atom is -0.494 e. The first-order chi connectivity index (χ1) is 13.2. The Kier molecular flexibility index (Phi) is 7.00. The van der Waals surface area contributed by atoms with Crippen LogP contribution in [0.25, 0.3) is 0 Å². The van der Waals surface area contributed by atoms with Crippen LogP contribution in [-0.2, 0) is 19.6 Å². The number of hydrogen-bond donors (Lipinski definition) is 2. The number of sulfonamides is 1. The van der Waals surface area contributed by atoms with E-state index in [9.17, 15) is 18.0 Å². The van der Waals surface area contributed by atoms with E-state index in [0.717, 1.165) is 10.6 Å². The Morgan fingerprint density at radius 3 is 1.96 bits per heavy atom. The first kappa shape index (κ1) is 21.2. The predicted octanol–water partition coefficient (Wildman–Crippen LogP) is 2.45. The number of carbonyl (C=O) groups is 2. The molecule has 0 unspecified atom stereocenters. The number of amides is 2. The van der Waals surface area contributed by atoms with Gasteiger partial charge in [0.1, 0.15) is 12.3 Å². The lowest BCUT2D eigenvalue weighted by molar-refractivity contribution is -0.115. The number of ether oxygens (including phenoxy) is 1. The Morgan fingerprint density at radius 1 is 0.964 bits per heavy atom. The molecule has 0 fully saturated rings. The zero-order chi connectivity index (χ0) is 20.7. The summed E-state index contributed by atoms with van der Waals surface area (Å²) in [4.78, 5) is 23.4. The first-order valence-corrected chi connectivity index (χ1v) is 10.4. The Balaban J connectivity index is 2.09. The third kappa shape index (κ3) is 6.27. The molecule has 0 spiro atoms. The molecule has 2 aromatic carbocycles. The Bertz CT molecular complexity index is 925. The number of rotatable bonds is 8. The monoisotopic (exact) mass is 405 g/mol. The lowest BCUT2D eigenvalue weighted by atomic mass is 10.2. The maximum absolute atomic E-state index is 12.4. The van der Waals surface area contributed by atoms with Gasteiger partial charge in [0.2, 0.25) is 21.8 Å². The largest absolute Gasteiger partial charge is 0.494 e. The van der Waals surface area contributed by atoms with E-state index in [4.69, 9.17) is 4.74 Å². The number of hydrogen-bond acceptors (Lipinski definition) is 5. The van der Waals surface area contributed by atoms with E-state index in [1.165, 1.54) is 6.92 Å². The van der Waals surface area contributed by atoms with Crippen molar-refractivity contribution in [1.29, 1.82) is 0 Å². The highest BCUT2D eigenvalue weighted by molar-refractivity contribution is 7.92. The minimum absolute atomic E-state index is 0.198. The second kappa shape index (κ2) is 9.23. The van der Waals surface area contributed by atoms with Gasteiger partial charge in [0.25, 0.3) is 0 Å². The molecule has 2 N–H and O–H groups in total. The van der Waals surface area contributed by atoms with Gasteiger partial charge in [0.15, 0.2) is 0 Å². The van der Waals surface area contributed by atoms with Crippen LogP contribution in [0.2, 0.25) is 0 Å². The third-order valence-electron chi connectivity index (χ3n) is 3.61. The van der Waals surface area contributed by atoms with Crippen LogP contribution in [-0.4, -0.2) is 39.6 Å². The molecule has 0 aromatic heterocycles. The maximum Gasteiger partial charge on any atom is 0.245 e. The lowest BCUT2D eigenvalue weighted by Crippen LogP contribution is -2.37. The molecule has 0 aliphatic rings. The molecular weight excluding hydrogens is 382 g/mol. The van der Waals surface area contributed by atoms with E-state index >= 15 is 0 Å². The molecule has 28 heavy (non-hydrogen) atoms. The van der Waals surface area contributed by atoms with Crippen molar-refractivity contribution in [2.45, 2.75) is 13.8 Å². The van der Waals surface area contributed by atoms with Gasteiger partial charge in [-0.1, -0.05) is 0 Å². The van der Waals surface area contributed by atoms with Crippen LogP contribution in [0.5, 0.6) is 5.75 Å². The summed E-state index contributed by atoms with van der Waals surface area (Å²) >= 11 is 0. The van der Waals surface area contributed by atoms with Crippen LogP contribution in [0.15, 0.2) is 48.5 Å². The normalized spacial score (nSPS) is 10.8. The fourth-order valence-electron chi connectivity index (χ4n) is 2.45. The van der Waals surface area contributed by atoms with E-state index in [1.807, 2.05) is 6.92 Å². The van der Waals surface area contributed by atoms with Gasteiger partial charge in [0, 0.05) is 18.3 Å². The standard InChI is InChI=1S/C19H23N3O5S/c1-4-27-18-11-9-17(10-12-18)22(28(3,25)26)13-19(24)21-16-7-5-15(6-8-16)20-14(2)23/h5-12H,4,13H2,1-3H3,(H,20,23)(H,21,24). The second-order valence-electron chi connectivity index (χ2n) is 6.00. The van der Waals surface area contributed by atoms with Crippen LogP contribution in [0.1, 0.15) is 13.8 Å². The molecule has 9 heteroatoms. The van der Waals surface area contributed by atoms with Crippen LogP contribution < -0.4 is 19.7 Å². The number of benzene rings is 2. The molecule has 0 bridgehead atoms. The van der Waals surface area contributed by atoms with Gasteiger partial charge in [0.05, 0.1) is 18.6 Å². The van der Waals surface area contributed by atoms with E-state index in [1.54, 1.807) is 48.5 Å². The maximum atomic E-state index is 12.4. The lowest BCUT2D eigenvalue weighted by Gasteiger charge is -2.22. The summed E-state index contributed by atoms with van der Waals surface area (Å²) < 4.78 is 30.7. The van der Waals surface area contributed by atoms with E-state index in [-0.39, 0.29) is 12.5 Å². The van der Waals surface area contributed by atoms with Gasteiger partial charge in [-0.15, -0.1) is 0 Å². The zero-order valence-corrected chi connectivity index (χ0v) is 16.7. The van der Waals surface area contributed by atoms with Crippen molar-refractivity contribution in [2.24, 2.45) is 0 Å². The fourth-order valence-corrected chi connectivity index (χ4v) is 3.30. The van der Waals surface area contributed by atoms with Crippen LogP contribution in [0, 0.1) is 0 Å². The molecule has 0 aliphatic carbocycles. The molecule has 0 saturated carbocycles. The van der Waals surface area contributed by atoms with E-state index < -0.39 is 15.9 Å². The molecule has 0 atom stereocenters. The summed E-state index contributed by atoms with van der Waals surface area (Å²) in [6.45, 7) is 3.37. The molecule has 150 valence electrons. The van der Waals surface area contributed by atoms with Crippen molar-refractivity contribution in [2.75, 3.05) is 34.3 Å². The van der Waals surface area contributed by atoms with Crippen molar-refractivity contribution < 1.29 is 22.7 Å². The van der Waals surface area contributed by atoms with Crippen molar-refractivity contribution in [3.63, 3.8) is 0 Å². The second-order valence-corrected chi connectivity index (χ2v) is 7.91. The first-order valence-electron chi connectivity index (χ1n) is 8.57. The SMILES string of the molecule is CCOc1ccc(N(CC(=O)Nc2ccc(NC(C)=O)cc2)S(C)(=O)=O)cc1. The molecule has 0 aliphatic heterocycles. The van der Waals surface area contributed by atoms with Crippen molar-refractivity contribution in [3.8, 4) is 5.75 Å². The smallest absolute Gasteiger partial charge is 0.245 e. The summed E-state index contributed by atoms with van der Waals surface area (Å²) in [6.07, 6.45) is 1.04. The average molecular weight is 405 g/mol. The molecular formula is C19H23N3O5S. The summed E-state index contributed by atoms with van der Waals surface area (Å²) in [5, 5.41) is 5.27. The van der Waals surface area contributed by atoms with Gasteiger partial charge in [-0.05, 0) is 55.5 Å². The van der Waals surface area contributed by atoms with Gasteiger partial charge in [-0.3, -0.25) is 13.9 Å². The summed E-state index contributed by atoms with van der Waals surface area (Å²) in [5.74, 6) is -0.0778. The predicted molar refractivity (Wildman–Crippen MR) is 109 cm³/mol. The molecule has 0 radical (unpaired) electrons. The van der Waals surface area contributed by atoms with Gasteiger partial charge < -0.3 is 15.4 Å². The molecule has 2 amide bonds. The van der Waals surface area contributed by atoms with Gasteiger partial charge >= 0.3 is 0 Å². The summed E-state index contributed by atoms with van der Waals surface area (Å²) in [5.41, 5.74) is 1.44. The van der Waals surface area contributed by atoms with Gasteiger partial charge in [-0.25, -0.2) is 8.42 Å². The number of nitrogens with one attached hydrogen (secondary N) is 2.